The highest BCUT2D eigenvalue weighted by Crippen LogP contribution is 2.36. The minimum absolute atomic E-state index is 0.220. The standard InChI is InChI=1S/C25H23N3O6S/c1-4-34-25(31)15-5-8-17(9-6-15)27-21(29)12-28-14-26-23-22(24(28)30)18(13-35-23)16-7-10-19(32-2)20(11-16)33-3/h5-11,13-14H,4,12H2,1-3H3,(H,27,29). The van der Waals surface area contributed by atoms with Crippen molar-refractivity contribution in [2.45, 2.75) is 13.5 Å². The van der Waals surface area contributed by atoms with Crippen LogP contribution >= 0.6 is 11.3 Å². The summed E-state index contributed by atoms with van der Waals surface area (Å²) in [5.74, 6) is 0.289. The number of hydrogen-bond acceptors (Lipinski definition) is 8. The summed E-state index contributed by atoms with van der Waals surface area (Å²) in [5.41, 5.74) is 2.03. The van der Waals surface area contributed by atoms with Crippen molar-refractivity contribution in [3.63, 3.8) is 0 Å². The van der Waals surface area contributed by atoms with Crippen LogP contribution in [0.2, 0.25) is 0 Å². The van der Waals surface area contributed by atoms with E-state index in [2.05, 4.69) is 10.3 Å². The summed E-state index contributed by atoms with van der Waals surface area (Å²) in [6.07, 6.45) is 1.36. The molecule has 0 fully saturated rings. The van der Waals surface area contributed by atoms with Gasteiger partial charge in [0.1, 0.15) is 11.4 Å². The Hall–Kier alpha value is -4.18. The number of ether oxygens (including phenoxy) is 3. The lowest BCUT2D eigenvalue weighted by atomic mass is 10.1. The molecule has 0 spiro atoms. The van der Waals surface area contributed by atoms with Crippen molar-refractivity contribution in [1.29, 1.82) is 0 Å². The first-order valence-corrected chi connectivity index (χ1v) is 11.6. The number of nitrogens with zero attached hydrogens (tertiary/aromatic N) is 2. The number of benzene rings is 2. The van der Waals surface area contributed by atoms with Crippen LogP contribution in [0.25, 0.3) is 21.3 Å². The highest BCUT2D eigenvalue weighted by molar-refractivity contribution is 7.17. The Bertz CT molecular complexity index is 1440. The second-order valence-electron chi connectivity index (χ2n) is 7.42. The Kier molecular flexibility index (Phi) is 7.11. The van der Waals surface area contributed by atoms with Gasteiger partial charge in [0.15, 0.2) is 11.5 Å². The molecule has 2 aromatic heterocycles. The fourth-order valence-corrected chi connectivity index (χ4v) is 4.46. The van der Waals surface area contributed by atoms with Gasteiger partial charge in [-0.2, -0.15) is 0 Å². The first-order chi connectivity index (χ1) is 16.9. The van der Waals surface area contributed by atoms with E-state index in [0.717, 1.165) is 5.56 Å². The molecule has 35 heavy (non-hydrogen) atoms. The van der Waals surface area contributed by atoms with Crippen molar-refractivity contribution in [3.8, 4) is 22.6 Å². The fraction of sp³-hybridized carbons (Fsp3) is 0.200. The van der Waals surface area contributed by atoms with Crippen LogP contribution in [0.4, 0.5) is 5.69 Å². The number of nitrogens with one attached hydrogen (secondary N) is 1. The lowest BCUT2D eigenvalue weighted by Crippen LogP contribution is -2.27. The van der Waals surface area contributed by atoms with E-state index in [1.807, 2.05) is 11.4 Å². The van der Waals surface area contributed by atoms with E-state index in [1.54, 1.807) is 57.5 Å². The van der Waals surface area contributed by atoms with Gasteiger partial charge in [-0.15, -0.1) is 11.3 Å². The average Bonchev–Trinajstić information content (AvgIpc) is 3.31. The molecule has 180 valence electrons. The number of carbonyl (C=O) groups is 2. The lowest BCUT2D eigenvalue weighted by molar-refractivity contribution is -0.116. The Balaban J connectivity index is 1.57. The molecule has 0 aliphatic carbocycles. The van der Waals surface area contributed by atoms with Gasteiger partial charge in [0, 0.05) is 16.6 Å². The molecule has 0 saturated heterocycles. The van der Waals surface area contributed by atoms with Crippen LogP contribution < -0.4 is 20.3 Å². The summed E-state index contributed by atoms with van der Waals surface area (Å²) in [6.45, 7) is 1.79. The lowest BCUT2D eigenvalue weighted by Gasteiger charge is -2.10. The van der Waals surface area contributed by atoms with Crippen molar-refractivity contribution in [1.82, 2.24) is 9.55 Å². The monoisotopic (exact) mass is 493 g/mol. The molecule has 2 heterocycles. The molecule has 0 saturated carbocycles. The Morgan fingerprint density at radius 1 is 1.06 bits per heavy atom. The Morgan fingerprint density at radius 3 is 2.49 bits per heavy atom. The number of methoxy groups -OCH3 is 2. The van der Waals surface area contributed by atoms with Gasteiger partial charge in [0.25, 0.3) is 5.56 Å². The van der Waals surface area contributed by atoms with E-state index in [4.69, 9.17) is 14.2 Å². The van der Waals surface area contributed by atoms with Gasteiger partial charge < -0.3 is 19.5 Å². The number of amides is 1. The summed E-state index contributed by atoms with van der Waals surface area (Å²) in [4.78, 5) is 42.6. The number of thiophene rings is 1. The summed E-state index contributed by atoms with van der Waals surface area (Å²) in [6, 6.07) is 11.7. The zero-order chi connectivity index (χ0) is 24.9. The maximum Gasteiger partial charge on any atom is 0.338 e. The van der Waals surface area contributed by atoms with E-state index < -0.39 is 11.9 Å². The predicted octanol–water partition coefficient (Wildman–Crippen LogP) is 3.96. The molecule has 1 N–H and O–H groups in total. The molecule has 0 aliphatic rings. The average molecular weight is 494 g/mol. The first-order valence-electron chi connectivity index (χ1n) is 10.7. The highest BCUT2D eigenvalue weighted by atomic mass is 32.1. The van der Waals surface area contributed by atoms with E-state index >= 15 is 0 Å². The van der Waals surface area contributed by atoms with E-state index in [0.29, 0.717) is 38.5 Å². The second kappa shape index (κ2) is 10.4. The topological polar surface area (TPSA) is 109 Å². The molecule has 2 aromatic carbocycles. The van der Waals surface area contributed by atoms with Crippen molar-refractivity contribution in [2.24, 2.45) is 0 Å². The van der Waals surface area contributed by atoms with E-state index in [-0.39, 0.29) is 18.7 Å². The van der Waals surface area contributed by atoms with Gasteiger partial charge in [-0.25, -0.2) is 9.78 Å². The maximum atomic E-state index is 13.3. The number of rotatable bonds is 8. The normalized spacial score (nSPS) is 10.7. The third-order valence-electron chi connectivity index (χ3n) is 5.25. The Morgan fingerprint density at radius 2 is 1.80 bits per heavy atom. The number of fused-ring (bicyclic) bond motifs is 1. The number of hydrogen-bond donors (Lipinski definition) is 1. The smallest absolute Gasteiger partial charge is 0.338 e. The van der Waals surface area contributed by atoms with Crippen molar-refractivity contribution in [3.05, 3.63) is 70.1 Å². The van der Waals surface area contributed by atoms with E-state index in [1.165, 1.54) is 22.2 Å². The molecule has 0 unspecified atom stereocenters. The van der Waals surface area contributed by atoms with E-state index in [9.17, 15) is 14.4 Å². The summed E-state index contributed by atoms with van der Waals surface area (Å²) < 4.78 is 16.9. The second-order valence-corrected chi connectivity index (χ2v) is 8.28. The summed E-state index contributed by atoms with van der Waals surface area (Å²) in [7, 11) is 3.10. The van der Waals surface area contributed by atoms with Crippen molar-refractivity contribution in [2.75, 3.05) is 26.1 Å². The number of anilines is 1. The quantitative estimate of drug-likeness (QED) is 0.370. The molecule has 4 aromatic rings. The van der Waals surface area contributed by atoms with Gasteiger partial charge in [-0.3, -0.25) is 14.2 Å². The van der Waals surface area contributed by atoms with Crippen LogP contribution in [-0.4, -0.2) is 42.3 Å². The fourth-order valence-electron chi connectivity index (χ4n) is 3.56. The van der Waals surface area contributed by atoms with Gasteiger partial charge in [0.2, 0.25) is 5.91 Å². The molecule has 4 rings (SSSR count). The molecular weight excluding hydrogens is 470 g/mol. The molecule has 0 aliphatic heterocycles. The number of esters is 1. The van der Waals surface area contributed by atoms with Crippen molar-refractivity contribution >= 4 is 39.1 Å². The summed E-state index contributed by atoms with van der Waals surface area (Å²) >= 11 is 1.35. The molecule has 0 bridgehead atoms. The van der Waals surface area contributed by atoms with Crippen LogP contribution in [0.15, 0.2) is 59.0 Å². The largest absolute Gasteiger partial charge is 0.493 e. The van der Waals surface area contributed by atoms with Gasteiger partial charge >= 0.3 is 5.97 Å². The van der Waals surface area contributed by atoms with Gasteiger partial charge in [-0.05, 0) is 48.9 Å². The van der Waals surface area contributed by atoms with Crippen LogP contribution in [0.3, 0.4) is 0 Å². The third-order valence-corrected chi connectivity index (χ3v) is 6.14. The first kappa shape index (κ1) is 24.0. The minimum Gasteiger partial charge on any atom is -0.493 e. The van der Waals surface area contributed by atoms with Crippen LogP contribution in [-0.2, 0) is 16.1 Å². The zero-order valence-corrected chi connectivity index (χ0v) is 20.2. The third kappa shape index (κ3) is 5.02. The molecule has 0 atom stereocenters. The minimum atomic E-state index is -0.433. The highest BCUT2D eigenvalue weighted by Gasteiger charge is 2.16. The SMILES string of the molecule is CCOC(=O)c1ccc(NC(=O)Cn2cnc3scc(-c4ccc(OC)c(OC)c4)c3c2=O)cc1. The molecule has 0 radical (unpaired) electrons. The zero-order valence-electron chi connectivity index (χ0n) is 19.4. The van der Waals surface area contributed by atoms with Crippen LogP contribution in [0.5, 0.6) is 11.5 Å². The number of carbonyl (C=O) groups excluding carboxylic acids is 2. The summed E-state index contributed by atoms with van der Waals surface area (Å²) in [5, 5.41) is 5.01. The number of aromatic nitrogens is 2. The molecule has 1 amide bonds. The maximum absolute atomic E-state index is 13.3. The van der Waals surface area contributed by atoms with Gasteiger partial charge in [0.05, 0.1) is 38.1 Å². The predicted molar refractivity (Wildman–Crippen MR) is 133 cm³/mol. The Labute approximate surface area is 204 Å². The van der Waals surface area contributed by atoms with Crippen LogP contribution in [0.1, 0.15) is 17.3 Å². The molecule has 9 nitrogen and oxygen atoms in total. The molecular formula is C25H23N3O6S. The van der Waals surface area contributed by atoms with Crippen molar-refractivity contribution < 1.29 is 23.8 Å². The van der Waals surface area contributed by atoms with Crippen LogP contribution in [0, 0.1) is 0 Å². The van der Waals surface area contributed by atoms with Gasteiger partial charge in [-0.1, -0.05) is 6.07 Å². The molecule has 10 heteroatoms.